The number of hydrogen-bond acceptors (Lipinski definition) is 2. The first-order valence-corrected chi connectivity index (χ1v) is 7.44. The predicted octanol–water partition coefficient (Wildman–Crippen LogP) is 2.63. The van der Waals surface area contributed by atoms with Crippen LogP contribution in [-0.2, 0) is 9.53 Å². The average Bonchev–Trinajstić information content (AvgIpc) is 2.80. The fraction of sp³-hybridized carbons (Fsp3) is 0.786. The van der Waals surface area contributed by atoms with Crippen LogP contribution in [0.2, 0.25) is 0 Å². The zero-order valence-corrected chi connectivity index (χ0v) is 13.0. The van der Waals surface area contributed by atoms with E-state index in [1.807, 2.05) is 20.8 Å². The molecule has 102 valence electrons. The zero-order chi connectivity index (χ0) is 13.6. The SMILES string of the molecule is CCC(Br)C(=O)NC(C)(C)C#CCC1CCCO1. The highest BCUT2D eigenvalue weighted by Gasteiger charge is 2.21. The summed E-state index contributed by atoms with van der Waals surface area (Å²) in [6.07, 6.45) is 4.04. The van der Waals surface area contributed by atoms with Crippen LogP contribution in [0.25, 0.3) is 0 Å². The monoisotopic (exact) mass is 315 g/mol. The van der Waals surface area contributed by atoms with Crippen molar-refractivity contribution in [3.63, 3.8) is 0 Å². The number of carbonyl (C=O) groups is 1. The first-order chi connectivity index (χ1) is 8.44. The normalized spacial score (nSPS) is 21.0. The molecule has 0 aromatic heterocycles. The molecule has 18 heavy (non-hydrogen) atoms. The maximum absolute atomic E-state index is 11.8. The lowest BCUT2D eigenvalue weighted by Crippen LogP contribution is -2.45. The molecular weight excluding hydrogens is 294 g/mol. The number of amides is 1. The van der Waals surface area contributed by atoms with Crippen LogP contribution >= 0.6 is 15.9 Å². The molecule has 0 saturated carbocycles. The summed E-state index contributed by atoms with van der Waals surface area (Å²) in [5.41, 5.74) is -0.489. The Kier molecular flexibility index (Phi) is 6.17. The van der Waals surface area contributed by atoms with Gasteiger partial charge in [-0.25, -0.2) is 0 Å². The lowest BCUT2D eigenvalue weighted by molar-refractivity contribution is -0.121. The number of hydrogen-bond donors (Lipinski definition) is 1. The van der Waals surface area contributed by atoms with Gasteiger partial charge in [0, 0.05) is 13.0 Å². The smallest absolute Gasteiger partial charge is 0.234 e. The Labute approximate surface area is 118 Å². The molecular formula is C14H22BrNO2. The van der Waals surface area contributed by atoms with Crippen LogP contribution < -0.4 is 5.32 Å². The van der Waals surface area contributed by atoms with Gasteiger partial charge in [-0.15, -0.1) is 0 Å². The summed E-state index contributed by atoms with van der Waals surface area (Å²) < 4.78 is 5.51. The molecule has 2 atom stereocenters. The molecule has 1 N–H and O–H groups in total. The van der Waals surface area contributed by atoms with Gasteiger partial charge in [-0.1, -0.05) is 34.7 Å². The summed E-state index contributed by atoms with van der Waals surface area (Å²) in [5, 5.41) is 2.93. The van der Waals surface area contributed by atoms with Crippen molar-refractivity contribution in [1.29, 1.82) is 0 Å². The lowest BCUT2D eigenvalue weighted by atomic mass is 10.0. The Morgan fingerprint density at radius 3 is 2.89 bits per heavy atom. The largest absolute Gasteiger partial charge is 0.377 e. The van der Waals surface area contributed by atoms with E-state index in [9.17, 15) is 4.79 Å². The van der Waals surface area contributed by atoms with E-state index in [4.69, 9.17) is 4.74 Å². The topological polar surface area (TPSA) is 38.3 Å². The molecule has 4 heteroatoms. The third-order valence-electron chi connectivity index (χ3n) is 2.83. The molecule has 1 rings (SSSR count). The predicted molar refractivity (Wildman–Crippen MR) is 76.6 cm³/mol. The second-order valence-electron chi connectivity index (χ2n) is 5.13. The number of rotatable bonds is 4. The fourth-order valence-corrected chi connectivity index (χ4v) is 1.91. The van der Waals surface area contributed by atoms with Gasteiger partial charge >= 0.3 is 0 Å². The minimum atomic E-state index is -0.489. The summed E-state index contributed by atoms with van der Waals surface area (Å²) >= 11 is 3.34. The highest BCUT2D eigenvalue weighted by atomic mass is 79.9. The molecule has 3 nitrogen and oxygen atoms in total. The van der Waals surface area contributed by atoms with Crippen LogP contribution in [0, 0.1) is 11.8 Å². The Morgan fingerprint density at radius 2 is 2.33 bits per heavy atom. The molecule has 1 aliphatic heterocycles. The minimum Gasteiger partial charge on any atom is -0.377 e. The van der Waals surface area contributed by atoms with E-state index in [0.717, 1.165) is 32.3 Å². The highest BCUT2D eigenvalue weighted by Crippen LogP contribution is 2.14. The van der Waals surface area contributed by atoms with Crippen LogP contribution in [0.5, 0.6) is 0 Å². The molecule has 0 radical (unpaired) electrons. The van der Waals surface area contributed by atoms with Crippen LogP contribution in [0.1, 0.15) is 46.5 Å². The third kappa shape index (κ3) is 5.41. The van der Waals surface area contributed by atoms with E-state index in [0.29, 0.717) is 0 Å². The van der Waals surface area contributed by atoms with Gasteiger partial charge < -0.3 is 10.1 Å². The van der Waals surface area contributed by atoms with Crippen molar-refractivity contribution in [2.75, 3.05) is 6.61 Å². The van der Waals surface area contributed by atoms with Crippen LogP contribution in [0.4, 0.5) is 0 Å². The number of ether oxygens (including phenoxy) is 1. The molecule has 2 unspecified atom stereocenters. The van der Waals surface area contributed by atoms with Gasteiger partial charge in [-0.3, -0.25) is 4.79 Å². The Balaban J connectivity index is 2.42. The van der Waals surface area contributed by atoms with Crippen molar-refractivity contribution in [2.24, 2.45) is 0 Å². The second kappa shape index (κ2) is 7.16. The summed E-state index contributed by atoms with van der Waals surface area (Å²) in [4.78, 5) is 11.6. The van der Waals surface area contributed by atoms with Crippen molar-refractivity contribution in [1.82, 2.24) is 5.32 Å². The Hall–Kier alpha value is -0.530. The van der Waals surface area contributed by atoms with Crippen molar-refractivity contribution < 1.29 is 9.53 Å². The molecule has 0 aromatic carbocycles. The molecule has 1 saturated heterocycles. The number of alkyl halides is 1. The Morgan fingerprint density at radius 1 is 1.61 bits per heavy atom. The van der Waals surface area contributed by atoms with Gasteiger partial charge in [0.05, 0.1) is 16.5 Å². The van der Waals surface area contributed by atoms with Gasteiger partial charge in [0.2, 0.25) is 5.91 Å². The average molecular weight is 316 g/mol. The minimum absolute atomic E-state index is 0.00563. The molecule has 0 aromatic rings. The molecule has 1 heterocycles. The van der Waals surface area contributed by atoms with Gasteiger partial charge in [-0.2, -0.15) is 0 Å². The molecule has 0 bridgehead atoms. The summed E-state index contributed by atoms with van der Waals surface area (Å²) in [5.74, 6) is 6.23. The third-order valence-corrected chi connectivity index (χ3v) is 3.90. The fourth-order valence-electron chi connectivity index (χ4n) is 1.79. The quantitative estimate of drug-likeness (QED) is 0.640. The van der Waals surface area contributed by atoms with E-state index >= 15 is 0 Å². The van der Waals surface area contributed by atoms with Crippen LogP contribution in [0.3, 0.4) is 0 Å². The summed E-state index contributed by atoms with van der Waals surface area (Å²) in [6, 6.07) is 0. The first-order valence-electron chi connectivity index (χ1n) is 6.52. The number of carbonyl (C=O) groups excluding carboxylic acids is 1. The summed E-state index contributed by atoms with van der Waals surface area (Å²) in [6.45, 7) is 6.66. The Bertz CT molecular complexity index is 337. The van der Waals surface area contributed by atoms with E-state index in [1.54, 1.807) is 0 Å². The van der Waals surface area contributed by atoms with E-state index in [1.165, 1.54) is 0 Å². The van der Waals surface area contributed by atoms with Gasteiger partial charge in [0.1, 0.15) is 0 Å². The van der Waals surface area contributed by atoms with E-state index < -0.39 is 5.54 Å². The van der Waals surface area contributed by atoms with Crippen molar-refractivity contribution in [2.45, 2.75) is 62.9 Å². The lowest BCUT2D eigenvalue weighted by Gasteiger charge is -2.21. The van der Waals surface area contributed by atoms with Crippen molar-refractivity contribution in [3.05, 3.63) is 0 Å². The number of halogens is 1. The highest BCUT2D eigenvalue weighted by molar-refractivity contribution is 9.10. The first kappa shape index (κ1) is 15.5. The maximum atomic E-state index is 11.8. The molecule has 1 amide bonds. The molecule has 1 fully saturated rings. The van der Waals surface area contributed by atoms with Crippen molar-refractivity contribution in [3.8, 4) is 11.8 Å². The van der Waals surface area contributed by atoms with Crippen LogP contribution in [0.15, 0.2) is 0 Å². The molecule has 0 aliphatic carbocycles. The van der Waals surface area contributed by atoms with Gasteiger partial charge in [0.25, 0.3) is 0 Å². The second-order valence-corrected chi connectivity index (χ2v) is 6.24. The van der Waals surface area contributed by atoms with Gasteiger partial charge in [0.15, 0.2) is 0 Å². The molecule has 1 aliphatic rings. The van der Waals surface area contributed by atoms with Gasteiger partial charge in [-0.05, 0) is 33.1 Å². The van der Waals surface area contributed by atoms with Crippen LogP contribution in [-0.4, -0.2) is 29.0 Å². The number of nitrogens with one attached hydrogen (secondary N) is 1. The van der Waals surface area contributed by atoms with Crippen molar-refractivity contribution >= 4 is 21.8 Å². The van der Waals surface area contributed by atoms with E-state index in [-0.39, 0.29) is 16.8 Å². The maximum Gasteiger partial charge on any atom is 0.234 e. The summed E-state index contributed by atoms with van der Waals surface area (Å²) in [7, 11) is 0. The van der Waals surface area contributed by atoms with E-state index in [2.05, 4.69) is 33.1 Å². The standard InChI is InChI=1S/C14H22BrNO2/c1-4-12(15)13(17)16-14(2,3)9-5-7-11-8-6-10-18-11/h11-12H,4,6-8,10H2,1-3H3,(H,16,17). The zero-order valence-electron chi connectivity index (χ0n) is 11.4. The molecule has 0 spiro atoms.